The molecule has 0 aliphatic rings. The second-order valence-corrected chi connectivity index (χ2v) is 2.63. The molecule has 0 fully saturated rings. The topological polar surface area (TPSA) is 64.3 Å². The highest BCUT2D eigenvalue weighted by molar-refractivity contribution is 5.77. The summed E-state index contributed by atoms with van der Waals surface area (Å²) in [6.07, 6.45) is -6.38. The van der Waals surface area contributed by atoms with Gasteiger partial charge in [-0.1, -0.05) is 0 Å². The summed E-state index contributed by atoms with van der Waals surface area (Å²) in [4.78, 5) is 10.8. The average molecular weight is 214 g/mol. The van der Waals surface area contributed by atoms with E-state index < -0.39 is 24.8 Å². The van der Waals surface area contributed by atoms with Crippen LogP contribution >= 0.6 is 0 Å². The summed E-state index contributed by atoms with van der Waals surface area (Å²) < 4.78 is 39.9. The van der Waals surface area contributed by atoms with Crippen molar-refractivity contribution >= 4 is 5.91 Å². The third kappa shape index (κ3) is 5.76. The van der Waals surface area contributed by atoms with Gasteiger partial charge < -0.3 is 15.8 Å². The van der Waals surface area contributed by atoms with Crippen LogP contribution in [0.25, 0.3) is 0 Å². The molecule has 0 aromatic rings. The molecular weight excluding hydrogens is 201 g/mol. The molecule has 4 nitrogen and oxygen atoms in total. The highest BCUT2D eigenvalue weighted by atomic mass is 19.4. The zero-order valence-electron chi connectivity index (χ0n) is 7.73. The van der Waals surface area contributed by atoms with Crippen LogP contribution in [0.15, 0.2) is 0 Å². The molecule has 0 saturated carbocycles. The average Bonchev–Trinajstić information content (AvgIpc) is 2.09. The van der Waals surface area contributed by atoms with Crippen molar-refractivity contribution in [2.75, 3.05) is 19.7 Å². The Labute approximate surface area is 79.6 Å². The zero-order valence-corrected chi connectivity index (χ0v) is 7.73. The predicted molar refractivity (Wildman–Crippen MR) is 43.5 cm³/mol. The molecule has 1 amide bonds. The molecule has 0 saturated heterocycles. The SMILES string of the molecule is CC(OCC(=O)NCCN)C(F)(F)F. The molecule has 0 rings (SSSR count). The largest absolute Gasteiger partial charge is 0.414 e. The zero-order chi connectivity index (χ0) is 11.2. The first-order chi connectivity index (χ1) is 6.38. The fraction of sp³-hybridized carbons (Fsp3) is 0.857. The minimum absolute atomic E-state index is 0.225. The van der Waals surface area contributed by atoms with Crippen LogP contribution in [0.5, 0.6) is 0 Å². The molecule has 0 spiro atoms. The first kappa shape index (κ1) is 13.2. The van der Waals surface area contributed by atoms with E-state index >= 15 is 0 Å². The molecule has 7 heteroatoms. The summed E-state index contributed by atoms with van der Waals surface area (Å²) >= 11 is 0. The van der Waals surface area contributed by atoms with Crippen molar-refractivity contribution in [1.82, 2.24) is 5.32 Å². The van der Waals surface area contributed by atoms with Crippen LogP contribution < -0.4 is 11.1 Å². The predicted octanol–water partition coefficient (Wildman–Crippen LogP) is 0.0287. The summed E-state index contributed by atoms with van der Waals surface area (Å²) in [7, 11) is 0. The van der Waals surface area contributed by atoms with E-state index in [1.54, 1.807) is 0 Å². The molecule has 3 N–H and O–H groups in total. The van der Waals surface area contributed by atoms with Gasteiger partial charge in [0.15, 0.2) is 6.10 Å². The number of carbonyl (C=O) groups is 1. The first-order valence-electron chi connectivity index (χ1n) is 4.03. The molecule has 0 bridgehead atoms. The minimum Gasteiger partial charge on any atom is -0.359 e. The maximum Gasteiger partial charge on any atom is 0.414 e. The van der Waals surface area contributed by atoms with Crippen molar-refractivity contribution in [3.05, 3.63) is 0 Å². The number of nitrogens with one attached hydrogen (secondary N) is 1. The summed E-state index contributed by atoms with van der Waals surface area (Å²) in [5, 5.41) is 2.28. The molecule has 14 heavy (non-hydrogen) atoms. The summed E-state index contributed by atoms with van der Waals surface area (Å²) in [5.74, 6) is -0.605. The van der Waals surface area contributed by atoms with Gasteiger partial charge in [-0.25, -0.2) is 0 Å². The van der Waals surface area contributed by atoms with Gasteiger partial charge in [0.05, 0.1) is 0 Å². The number of nitrogens with two attached hydrogens (primary N) is 1. The number of amides is 1. The van der Waals surface area contributed by atoms with Gasteiger partial charge in [0, 0.05) is 13.1 Å². The molecule has 1 atom stereocenters. The van der Waals surface area contributed by atoms with Gasteiger partial charge in [-0.3, -0.25) is 4.79 Å². The maximum absolute atomic E-state index is 11.9. The van der Waals surface area contributed by atoms with Gasteiger partial charge in [0.2, 0.25) is 5.91 Å². The molecule has 0 aromatic heterocycles. The number of carbonyl (C=O) groups excluding carboxylic acids is 1. The molecule has 0 heterocycles. The Morgan fingerprint density at radius 3 is 2.57 bits per heavy atom. The van der Waals surface area contributed by atoms with Crippen LogP contribution in [-0.2, 0) is 9.53 Å². The van der Waals surface area contributed by atoms with E-state index in [4.69, 9.17) is 5.73 Å². The smallest absolute Gasteiger partial charge is 0.359 e. The van der Waals surface area contributed by atoms with Crippen molar-refractivity contribution in [3.8, 4) is 0 Å². The van der Waals surface area contributed by atoms with Gasteiger partial charge >= 0.3 is 6.18 Å². The van der Waals surface area contributed by atoms with Crippen molar-refractivity contribution < 1.29 is 22.7 Å². The Morgan fingerprint density at radius 1 is 1.57 bits per heavy atom. The van der Waals surface area contributed by atoms with Crippen molar-refractivity contribution in [2.45, 2.75) is 19.2 Å². The van der Waals surface area contributed by atoms with Crippen LogP contribution in [-0.4, -0.2) is 37.9 Å². The molecule has 1 unspecified atom stereocenters. The quantitative estimate of drug-likeness (QED) is 0.678. The highest BCUT2D eigenvalue weighted by Gasteiger charge is 2.37. The van der Waals surface area contributed by atoms with E-state index in [1.165, 1.54) is 0 Å². The van der Waals surface area contributed by atoms with E-state index in [2.05, 4.69) is 10.1 Å². The van der Waals surface area contributed by atoms with Crippen molar-refractivity contribution in [3.63, 3.8) is 0 Å². The lowest BCUT2D eigenvalue weighted by Gasteiger charge is -2.15. The molecule has 0 radical (unpaired) electrons. The van der Waals surface area contributed by atoms with Gasteiger partial charge in [-0.2, -0.15) is 13.2 Å². The third-order valence-corrected chi connectivity index (χ3v) is 1.39. The fourth-order valence-corrected chi connectivity index (χ4v) is 0.558. The Balaban J connectivity index is 3.67. The number of ether oxygens (including phenoxy) is 1. The van der Waals surface area contributed by atoms with Gasteiger partial charge in [-0.05, 0) is 6.92 Å². The van der Waals surface area contributed by atoms with Crippen LogP contribution in [0.2, 0.25) is 0 Å². The van der Waals surface area contributed by atoms with Gasteiger partial charge in [-0.15, -0.1) is 0 Å². The monoisotopic (exact) mass is 214 g/mol. The normalized spacial score (nSPS) is 13.8. The van der Waals surface area contributed by atoms with Crippen LogP contribution in [0.1, 0.15) is 6.92 Å². The number of alkyl halides is 3. The lowest BCUT2D eigenvalue weighted by Crippen LogP contribution is -2.36. The van der Waals surface area contributed by atoms with E-state index in [1.807, 2.05) is 0 Å². The molecule has 0 aliphatic carbocycles. The number of rotatable bonds is 5. The Kier molecular flexibility index (Phi) is 5.47. The van der Waals surface area contributed by atoms with Gasteiger partial charge in [0.25, 0.3) is 0 Å². The van der Waals surface area contributed by atoms with E-state index in [9.17, 15) is 18.0 Å². The first-order valence-corrected chi connectivity index (χ1v) is 4.03. The number of halogens is 3. The lowest BCUT2D eigenvalue weighted by atomic mass is 10.4. The Morgan fingerprint density at radius 2 is 2.14 bits per heavy atom. The van der Waals surface area contributed by atoms with Crippen molar-refractivity contribution in [2.24, 2.45) is 5.73 Å². The lowest BCUT2D eigenvalue weighted by molar-refractivity contribution is -0.213. The van der Waals surface area contributed by atoms with E-state index in [0.717, 1.165) is 6.92 Å². The van der Waals surface area contributed by atoms with Crippen LogP contribution in [0, 0.1) is 0 Å². The van der Waals surface area contributed by atoms with Crippen LogP contribution in [0.4, 0.5) is 13.2 Å². The van der Waals surface area contributed by atoms with E-state index in [0.29, 0.717) is 0 Å². The number of hydrogen-bond donors (Lipinski definition) is 2. The third-order valence-electron chi connectivity index (χ3n) is 1.39. The Bertz CT molecular complexity index is 184. The fourth-order valence-electron chi connectivity index (χ4n) is 0.558. The molecular formula is C7H13F3N2O2. The summed E-state index contributed by atoms with van der Waals surface area (Å²) in [6.45, 7) is 0.694. The molecule has 0 aromatic carbocycles. The highest BCUT2D eigenvalue weighted by Crippen LogP contribution is 2.21. The van der Waals surface area contributed by atoms with Gasteiger partial charge in [0.1, 0.15) is 6.61 Å². The Hall–Kier alpha value is -0.820. The molecule has 0 aliphatic heterocycles. The summed E-state index contributed by atoms with van der Waals surface area (Å²) in [5.41, 5.74) is 5.07. The standard InChI is InChI=1S/C7H13F3N2O2/c1-5(7(8,9)10)14-4-6(13)12-3-2-11/h5H,2-4,11H2,1H3,(H,12,13). The second kappa shape index (κ2) is 5.82. The number of hydrogen-bond acceptors (Lipinski definition) is 3. The minimum atomic E-state index is -4.44. The summed E-state index contributed by atoms with van der Waals surface area (Å²) in [6, 6.07) is 0. The maximum atomic E-state index is 11.9. The molecule has 84 valence electrons. The van der Waals surface area contributed by atoms with Crippen molar-refractivity contribution in [1.29, 1.82) is 0 Å². The van der Waals surface area contributed by atoms with E-state index in [-0.39, 0.29) is 13.1 Å². The second-order valence-electron chi connectivity index (χ2n) is 2.63. The van der Waals surface area contributed by atoms with Crippen LogP contribution in [0.3, 0.4) is 0 Å².